The maximum absolute atomic E-state index is 11.0. The Balaban J connectivity index is 2.12. The number of carbonyl (C=O) groups excluding carboxylic acids is 1. The molecule has 0 saturated carbocycles. The molecule has 0 spiro atoms. The molecule has 1 rings (SSSR count). The minimum atomic E-state index is -0.403. The van der Waals surface area contributed by atoms with Crippen LogP contribution < -0.4 is 5.32 Å². The van der Waals surface area contributed by atoms with Crippen LogP contribution in [0.25, 0.3) is 0 Å². The summed E-state index contributed by atoms with van der Waals surface area (Å²) in [6.45, 7) is 4.09. The fraction of sp³-hybridized carbons (Fsp3) is 0.625. The van der Waals surface area contributed by atoms with Crippen LogP contribution >= 0.6 is 0 Å². The maximum atomic E-state index is 11.0. The number of aromatic amines is 1. The molecular formula is C8H14N4O2. The number of rotatable bonds is 4. The van der Waals surface area contributed by atoms with Crippen LogP contribution in [0.3, 0.4) is 0 Å². The van der Waals surface area contributed by atoms with Crippen molar-refractivity contribution < 1.29 is 9.53 Å². The van der Waals surface area contributed by atoms with Crippen LogP contribution in [0.1, 0.15) is 19.7 Å². The molecule has 0 aliphatic carbocycles. The first-order chi connectivity index (χ1) is 6.68. The first-order valence-electron chi connectivity index (χ1n) is 4.47. The molecule has 0 unspecified atom stereocenters. The molecule has 1 heterocycles. The van der Waals surface area contributed by atoms with Gasteiger partial charge >= 0.3 is 6.09 Å². The third kappa shape index (κ3) is 3.88. The molecule has 0 aliphatic heterocycles. The fourth-order valence-corrected chi connectivity index (χ4v) is 0.890. The molecule has 0 aliphatic rings. The van der Waals surface area contributed by atoms with Gasteiger partial charge in [-0.2, -0.15) is 5.10 Å². The van der Waals surface area contributed by atoms with Crippen molar-refractivity contribution in [1.82, 2.24) is 20.5 Å². The molecule has 6 nitrogen and oxygen atoms in total. The quantitative estimate of drug-likeness (QED) is 0.737. The van der Waals surface area contributed by atoms with E-state index in [0.29, 0.717) is 13.0 Å². The summed E-state index contributed by atoms with van der Waals surface area (Å²) in [6.07, 6.45) is 1.55. The minimum Gasteiger partial charge on any atom is -0.447 e. The van der Waals surface area contributed by atoms with Crippen molar-refractivity contribution >= 4 is 6.09 Å². The van der Waals surface area contributed by atoms with Crippen molar-refractivity contribution in [2.45, 2.75) is 26.4 Å². The zero-order valence-corrected chi connectivity index (χ0v) is 8.28. The summed E-state index contributed by atoms with van der Waals surface area (Å²) < 4.78 is 4.87. The molecule has 1 aromatic heterocycles. The monoisotopic (exact) mass is 198 g/mol. The summed E-state index contributed by atoms with van der Waals surface area (Å²) in [6, 6.07) is 0. The highest BCUT2D eigenvalue weighted by Gasteiger charge is 2.03. The van der Waals surface area contributed by atoms with Gasteiger partial charge in [-0.05, 0) is 13.8 Å². The normalized spacial score (nSPS) is 10.2. The summed E-state index contributed by atoms with van der Waals surface area (Å²) in [5.41, 5.74) is 0. The summed E-state index contributed by atoms with van der Waals surface area (Å²) in [5, 5.41) is 8.99. The summed E-state index contributed by atoms with van der Waals surface area (Å²) in [4.78, 5) is 14.9. The van der Waals surface area contributed by atoms with E-state index in [2.05, 4.69) is 20.5 Å². The maximum Gasteiger partial charge on any atom is 0.407 e. The molecule has 2 N–H and O–H groups in total. The van der Waals surface area contributed by atoms with Crippen molar-refractivity contribution in [1.29, 1.82) is 0 Å². The molecule has 0 fully saturated rings. The van der Waals surface area contributed by atoms with Crippen LogP contribution in [-0.2, 0) is 11.2 Å². The molecule has 78 valence electrons. The van der Waals surface area contributed by atoms with Crippen LogP contribution in [0.2, 0.25) is 0 Å². The Morgan fingerprint density at radius 2 is 2.50 bits per heavy atom. The van der Waals surface area contributed by atoms with Crippen molar-refractivity contribution in [2.24, 2.45) is 0 Å². The minimum absolute atomic E-state index is 0.0970. The number of H-pyrrole nitrogens is 1. The molecule has 14 heavy (non-hydrogen) atoms. The van der Waals surface area contributed by atoms with Gasteiger partial charge in [-0.3, -0.25) is 5.10 Å². The Morgan fingerprint density at radius 1 is 1.71 bits per heavy atom. The van der Waals surface area contributed by atoms with Crippen LogP contribution in [0.4, 0.5) is 4.79 Å². The summed E-state index contributed by atoms with van der Waals surface area (Å²) in [5.74, 6) is 0.745. The van der Waals surface area contributed by atoms with E-state index >= 15 is 0 Å². The van der Waals surface area contributed by atoms with Gasteiger partial charge in [0, 0.05) is 13.0 Å². The van der Waals surface area contributed by atoms with Gasteiger partial charge in [0.1, 0.15) is 12.2 Å². The van der Waals surface area contributed by atoms with E-state index in [-0.39, 0.29) is 6.10 Å². The Morgan fingerprint density at radius 3 is 3.07 bits per heavy atom. The molecule has 1 amide bonds. The number of hydrogen-bond acceptors (Lipinski definition) is 4. The predicted octanol–water partition coefficient (Wildman–Crippen LogP) is 0.482. The number of hydrogen-bond donors (Lipinski definition) is 2. The second kappa shape index (κ2) is 5.21. The number of nitrogens with one attached hydrogen (secondary N) is 2. The fourth-order valence-electron chi connectivity index (χ4n) is 0.890. The zero-order valence-electron chi connectivity index (χ0n) is 8.28. The average Bonchev–Trinajstić information content (AvgIpc) is 2.55. The van der Waals surface area contributed by atoms with Crippen LogP contribution in [0.15, 0.2) is 6.33 Å². The summed E-state index contributed by atoms with van der Waals surface area (Å²) in [7, 11) is 0. The molecule has 0 aromatic carbocycles. The number of carbonyl (C=O) groups is 1. The van der Waals surface area contributed by atoms with E-state index in [1.165, 1.54) is 6.33 Å². The van der Waals surface area contributed by atoms with Gasteiger partial charge in [0.05, 0.1) is 6.10 Å². The summed E-state index contributed by atoms with van der Waals surface area (Å²) >= 11 is 0. The van der Waals surface area contributed by atoms with Crippen molar-refractivity contribution in [2.75, 3.05) is 6.54 Å². The van der Waals surface area contributed by atoms with E-state index in [1.807, 2.05) is 0 Å². The Bertz CT molecular complexity index is 271. The lowest BCUT2D eigenvalue weighted by Crippen LogP contribution is -2.28. The highest BCUT2D eigenvalue weighted by Crippen LogP contribution is 1.89. The van der Waals surface area contributed by atoms with Gasteiger partial charge in [0.15, 0.2) is 0 Å². The second-order valence-corrected chi connectivity index (χ2v) is 3.06. The third-order valence-corrected chi connectivity index (χ3v) is 1.44. The molecule has 1 aromatic rings. The van der Waals surface area contributed by atoms with E-state index in [4.69, 9.17) is 4.74 Å². The molecule has 0 saturated heterocycles. The van der Waals surface area contributed by atoms with E-state index < -0.39 is 6.09 Å². The lowest BCUT2D eigenvalue weighted by molar-refractivity contribution is 0.116. The van der Waals surface area contributed by atoms with Gasteiger partial charge in [-0.25, -0.2) is 9.78 Å². The molecule has 6 heteroatoms. The van der Waals surface area contributed by atoms with E-state index in [1.54, 1.807) is 13.8 Å². The first-order valence-corrected chi connectivity index (χ1v) is 4.47. The Labute approximate surface area is 82.1 Å². The van der Waals surface area contributed by atoms with Gasteiger partial charge in [-0.15, -0.1) is 0 Å². The van der Waals surface area contributed by atoms with Crippen LogP contribution in [0, 0.1) is 0 Å². The van der Waals surface area contributed by atoms with Crippen LogP contribution in [0.5, 0.6) is 0 Å². The molecule has 0 atom stereocenters. The first kappa shape index (κ1) is 10.5. The van der Waals surface area contributed by atoms with Crippen molar-refractivity contribution in [3.8, 4) is 0 Å². The Hall–Kier alpha value is -1.59. The second-order valence-electron chi connectivity index (χ2n) is 3.06. The molecule has 0 radical (unpaired) electrons. The lowest BCUT2D eigenvalue weighted by Gasteiger charge is -2.08. The van der Waals surface area contributed by atoms with Gasteiger partial charge in [-0.1, -0.05) is 0 Å². The highest BCUT2D eigenvalue weighted by atomic mass is 16.6. The third-order valence-electron chi connectivity index (χ3n) is 1.44. The van der Waals surface area contributed by atoms with Crippen LogP contribution in [-0.4, -0.2) is 33.9 Å². The smallest absolute Gasteiger partial charge is 0.407 e. The average molecular weight is 198 g/mol. The number of ether oxygens (including phenoxy) is 1. The highest BCUT2D eigenvalue weighted by molar-refractivity contribution is 5.67. The van der Waals surface area contributed by atoms with Crippen molar-refractivity contribution in [3.63, 3.8) is 0 Å². The van der Waals surface area contributed by atoms with Gasteiger partial charge in [0.25, 0.3) is 0 Å². The van der Waals surface area contributed by atoms with E-state index in [0.717, 1.165) is 5.82 Å². The number of alkyl carbamates (subject to hydrolysis) is 1. The number of amides is 1. The standard InChI is InChI=1S/C8H14N4O2/c1-6(2)14-8(13)9-4-3-7-10-5-11-12-7/h5-6H,3-4H2,1-2H3,(H,9,13)(H,10,11,12). The zero-order chi connectivity index (χ0) is 10.4. The number of nitrogens with zero attached hydrogens (tertiary/aromatic N) is 2. The lowest BCUT2D eigenvalue weighted by atomic mass is 10.4. The van der Waals surface area contributed by atoms with Gasteiger partial charge < -0.3 is 10.1 Å². The Kier molecular flexibility index (Phi) is 3.90. The van der Waals surface area contributed by atoms with E-state index in [9.17, 15) is 4.79 Å². The largest absolute Gasteiger partial charge is 0.447 e. The molecular weight excluding hydrogens is 184 g/mol. The SMILES string of the molecule is CC(C)OC(=O)NCCc1ncn[nH]1. The van der Waals surface area contributed by atoms with Crippen molar-refractivity contribution in [3.05, 3.63) is 12.2 Å². The topological polar surface area (TPSA) is 79.9 Å². The predicted molar refractivity (Wildman–Crippen MR) is 49.7 cm³/mol. The van der Waals surface area contributed by atoms with Gasteiger partial charge in [0.2, 0.25) is 0 Å². The number of aromatic nitrogens is 3. The molecule has 0 bridgehead atoms.